The van der Waals surface area contributed by atoms with Gasteiger partial charge in [0.1, 0.15) is 5.65 Å². The largest absolute Gasteiger partial charge is 0.478 e. The summed E-state index contributed by atoms with van der Waals surface area (Å²) < 4.78 is 1.52. The molecule has 0 aliphatic carbocycles. The van der Waals surface area contributed by atoms with E-state index in [1.165, 1.54) is 10.5 Å². The molecule has 2 atom stereocenters. The van der Waals surface area contributed by atoms with Gasteiger partial charge in [-0.1, -0.05) is 12.1 Å². The number of aryl methyl sites for hydroxylation is 1. The fourth-order valence-electron chi connectivity index (χ4n) is 4.22. The molecule has 2 unspecified atom stereocenters. The Morgan fingerprint density at radius 2 is 2.00 bits per heavy atom. The molecule has 1 aliphatic rings. The lowest BCUT2D eigenvalue weighted by molar-refractivity contribution is -0.132. The van der Waals surface area contributed by atoms with Crippen molar-refractivity contribution in [1.29, 1.82) is 0 Å². The summed E-state index contributed by atoms with van der Waals surface area (Å²) in [5.74, 6) is -1.06. The lowest BCUT2D eigenvalue weighted by Gasteiger charge is -2.28. The molecule has 166 valence electrons. The minimum atomic E-state index is -1.02. The molecule has 8 heteroatoms. The van der Waals surface area contributed by atoms with Crippen molar-refractivity contribution in [2.75, 3.05) is 18.9 Å². The van der Waals surface area contributed by atoms with Crippen LogP contribution in [0.25, 0.3) is 5.65 Å². The van der Waals surface area contributed by atoms with Crippen molar-refractivity contribution < 1.29 is 14.7 Å². The van der Waals surface area contributed by atoms with Crippen LogP contribution in [0.15, 0.2) is 47.4 Å². The van der Waals surface area contributed by atoms with E-state index in [-0.39, 0.29) is 29.0 Å². The molecular weight excluding hydrogens is 408 g/mol. The zero-order chi connectivity index (χ0) is 23.0. The highest BCUT2D eigenvalue weighted by Crippen LogP contribution is 2.29. The van der Waals surface area contributed by atoms with Crippen LogP contribution in [0.2, 0.25) is 0 Å². The minimum absolute atomic E-state index is 0.0488. The first-order valence-corrected chi connectivity index (χ1v) is 10.6. The molecule has 1 fully saturated rings. The van der Waals surface area contributed by atoms with Crippen LogP contribution < -0.4 is 10.9 Å². The van der Waals surface area contributed by atoms with E-state index in [1.807, 2.05) is 19.9 Å². The van der Waals surface area contributed by atoms with Gasteiger partial charge >= 0.3 is 5.97 Å². The molecule has 1 saturated heterocycles. The van der Waals surface area contributed by atoms with Crippen LogP contribution in [-0.2, 0) is 4.79 Å². The molecule has 8 nitrogen and oxygen atoms in total. The van der Waals surface area contributed by atoms with Gasteiger partial charge in [-0.2, -0.15) is 0 Å². The molecule has 0 saturated carbocycles. The van der Waals surface area contributed by atoms with E-state index in [1.54, 1.807) is 42.4 Å². The highest BCUT2D eigenvalue weighted by molar-refractivity contribution is 5.94. The van der Waals surface area contributed by atoms with Crippen molar-refractivity contribution in [2.45, 2.75) is 38.6 Å². The van der Waals surface area contributed by atoms with Crippen molar-refractivity contribution in [2.24, 2.45) is 0 Å². The number of rotatable bonds is 5. The quantitative estimate of drug-likeness (QED) is 0.639. The van der Waals surface area contributed by atoms with E-state index in [2.05, 4.69) is 5.32 Å². The number of hydrogen-bond donors (Lipinski definition) is 2. The van der Waals surface area contributed by atoms with Gasteiger partial charge in [0, 0.05) is 49.4 Å². The highest BCUT2D eigenvalue weighted by Gasteiger charge is 2.27. The summed E-state index contributed by atoms with van der Waals surface area (Å²) >= 11 is 0. The third-order valence-corrected chi connectivity index (χ3v) is 6.02. The van der Waals surface area contributed by atoms with Crippen molar-refractivity contribution in [1.82, 2.24) is 14.3 Å². The smallest absolute Gasteiger partial charge is 0.337 e. The molecule has 1 amide bonds. The number of carbonyl (C=O) groups is 2. The third kappa shape index (κ3) is 4.08. The van der Waals surface area contributed by atoms with Gasteiger partial charge in [-0.15, -0.1) is 0 Å². The summed E-state index contributed by atoms with van der Waals surface area (Å²) in [4.78, 5) is 43.2. The van der Waals surface area contributed by atoms with Crippen LogP contribution in [0.5, 0.6) is 0 Å². The Kier molecular flexibility index (Phi) is 5.69. The lowest BCUT2D eigenvalue weighted by atomic mass is 9.93. The number of aromatic carboxylic acids is 1. The maximum Gasteiger partial charge on any atom is 0.337 e. The molecule has 2 N–H and O–H groups in total. The van der Waals surface area contributed by atoms with Gasteiger partial charge in [-0.3, -0.25) is 14.0 Å². The minimum Gasteiger partial charge on any atom is -0.478 e. The molecule has 1 aromatic carbocycles. The number of fused-ring (bicyclic) bond motifs is 1. The summed E-state index contributed by atoms with van der Waals surface area (Å²) in [5.41, 5.74) is 3.28. The van der Waals surface area contributed by atoms with E-state index >= 15 is 0 Å². The Bertz CT molecular complexity index is 1270. The number of hydrogen-bond acceptors (Lipinski definition) is 5. The molecule has 4 rings (SSSR count). The first kappa shape index (κ1) is 21.5. The predicted octanol–water partition coefficient (Wildman–Crippen LogP) is 3.21. The first-order chi connectivity index (χ1) is 15.2. The zero-order valence-electron chi connectivity index (χ0n) is 18.3. The molecule has 0 radical (unpaired) electrons. The van der Waals surface area contributed by atoms with Gasteiger partial charge in [0.2, 0.25) is 5.91 Å². The Labute approximate surface area is 185 Å². The average molecular weight is 434 g/mol. The predicted molar refractivity (Wildman–Crippen MR) is 121 cm³/mol. The molecule has 32 heavy (non-hydrogen) atoms. The normalized spacial score (nSPS) is 17.4. The molecule has 0 bridgehead atoms. The molecule has 1 aliphatic heterocycles. The first-order valence-electron chi connectivity index (χ1n) is 10.6. The summed E-state index contributed by atoms with van der Waals surface area (Å²) in [6.45, 7) is 4.44. The van der Waals surface area contributed by atoms with Crippen LogP contribution >= 0.6 is 0 Å². The number of carboxylic acid groups (broad SMARTS) is 1. The van der Waals surface area contributed by atoms with Gasteiger partial charge < -0.3 is 15.3 Å². The van der Waals surface area contributed by atoms with Gasteiger partial charge in [0.25, 0.3) is 5.56 Å². The molecule has 0 spiro atoms. The monoisotopic (exact) mass is 434 g/mol. The fourth-order valence-corrected chi connectivity index (χ4v) is 4.22. The van der Waals surface area contributed by atoms with Crippen molar-refractivity contribution in [3.8, 4) is 0 Å². The number of likely N-dealkylation sites (tertiary alicyclic amines) is 1. The SMILES string of the molecule is Cc1cc(C(C)Nc2ccccc2C(=O)O)c2nc(C3CCN(C)C(=O)C3)cc(=O)n2c1. The van der Waals surface area contributed by atoms with E-state index in [0.29, 0.717) is 30.0 Å². The standard InChI is InChI=1S/C24H26N4O4/c1-14-10-18(15(2)25-19-7-5-4-6-17(19)24(31)32)23-26-20(12-22(30)28(23)13-14)16-8-9-27(3)21(29)11-16/h4-7,10,12-13,15-16,25H,8-9,11H2,1-3H3,(H,31,32). The molecule has 3 aromatic rings. The maximum absolute atomic E-state index is 12.9. The van der Waals surface area contributed by atoms with Gasteiger partial charge in [-0.25, -0.2) is 9.78 Å². The Morgan fingerprint density at radius 3 is 2.72 bits per heavy atom. The van der Waals surface area contributed by atoms with E-state index in [4.69, 9.17) is 4.98 Å². The number of para-hydroxylation sites is 1. The maximum atomic E-state index is 12.9. The number of nitrogens with one attached hydrogen (secondary N) is 1. The fraction of sp³-hybridized carbons (Fsp3) is 0.333. The molecule has 3 heterocycles. The number of nitrogens with zero attached hydrogens (tertiary/aromatic N) is 3. The second kappa shape index (κ2) is 8.45. The average Bonchev–Trinajstić information content (AvgIpc) is 2.75. The zero-order valence-corrected chi connectivity index (χ0v) is 18.3. The summed E-state index contributed by atoms with van der Waals surface area (Å²) in [6, 6.07) is 9.87. The topological polar surface area (TPSA) is 104 Å². The van der Waals surface area contributed by atoms with Crippen molar-refractivity contribution in [3.05, 3.63) is 75.3 Å². The third-order valence-electron chi connectivity index (χ3n) is 6.02. The van der Waals surface area contributed by atoms with Crippen LogP contribution in [0.3, 0.4) is 0 Å². The summed E-state index contributed by atoms with van der Waals surface area (Å²) in [5, 5.41) is 12.8. The summed E-state index contributed by atoms with van der Waals surface area (Å²) in [7, 11) is 1.78. The molecule has 2 aromatic heterocycles. The number of benzene rings is 1. The second-order valence-electron chi connectivity index (χ2n) is 8.41. The Balaban J connectivity index is 1.77. The Hall–Kier alpha value is -3.68. The molecular formula is C24H26N4O4. The van der Waals surface area contributed by atoms with E-state index < -0.39 is 5.97 Å². The number of carbonyl (C=O) groups excluding carboxylic acids is 1. The number of amides is 1. The number of anilines is 1. The van der Waals surface area contributed by atoms with Crippen LogP contribution in [-0.4, -0.2) is 44.9 Å². The van der Waals surface area contributed by atoms with Crippen LogP contribution in [0.4, 0.5) is 5.69 Å². The van der Waals surface area contributed by atoms with Crippen LogP contribution in [0, 0.1) is 6.92 Å². The Morgan fingerprint density at radius 1 is 1.25 bits per heavy atom. The number of piperidine rings is 1. The number of pyridine rings is 1. The van der Waals surface area contributed by atoms with Gasteiger partial charge in [-0.05, 0) is 44.0 Å². The van der Waals surface area contributed by atoms with Gasteiger partial charge in [0.15, 0.2) is 0 Å². The van der Waals surface area contributed by atoms with Crippen molar-refractivity contribution >= 4 is 23.2 Å². The second-order valence-corrected chi connectivity index (χ2v) is 8.41. The highest BCUT2D eigenvalue weighted by atomic mass is 16.4. The van der Waals surface area contributed by atoms with E-state index in [9.17, 15) is 19.5 Å². The lowest BCUT2D eigenvalue weighted by Crippen LogP contribution is -2.35. The number of carboxylic acids is 1. The van der Waals surface area contributed by atoms with E-state index in [0.717, 1.165) is 17.5 Å². The van der Waals surface area contributed by atoms with Crippen molar-refractivity contribution in [3.63, 3.8) is 0 Å². The van der Waals surface area contributed by atoms with Gasteiger partial charge in [0.05, 0.1) is 17.3 Å². The number of aromatic nitrogens is 2. The summed E-state index contributed by atoms with van der Waals surface area (Å²) in [6.07, 6.45) is 2.83. The van der Waals surface area contributed by atoms with Crippen LogP contribution in [0.1, 0.15) is 58.9 Å².